The van der Waals surface area contributed by atoms with Crippen LogP contribution in [0.2, 0.25) is 0 Å². The normalized spacial score (nSPS) is 12.2. The molecule has 0 atom stereocenters. The molecule has 52 heavy (non-hydrogen) atoms. The first-order valence-corrected chi connectivity index (χ1v) is 18.6. The Kier molecular flexibility index (Phi) is 5.65. The average Bonchev–Trinajstić information content (AvgIpc) is 3.85. The van der Waals surface area contributed by atoms with Crippen molar-refractivity contribution in [1.82, 2.24) is 8.97 Å². The molecule has 0 aliphatic heterocycles. The Morgan fingerprint density at radius 1 is 0.385 bits per heavy atom. The van der Waals surface area contributed by atoms with Crippen LogP contribution in [0.4, 0.5) is 17.1 Å². The third-order valence-corrected chi connectivity index (χ3v) is 12.2. The van der Waals surface area contributed by atoms with Gasteiger partial charge in [-0.25, -0.2) is 0 Å². The fourth-order valence-electron chi connectivity index (χ4n) is 8.92. The Morgan fingerprint density at radius 3 is 1.67 bits per heavy atom. The second kappa shape index (κ2) is 10.5. The van der Waals surface area contributed by atoms with Crippen molar-refractivity contribution in [2.45, 2.75) is 0 Å². The molecule has 4 heteroatoms. The number of rotatable bonds is 4. The molecule has 0 saturated carbocycles. The largest absolute Gasteiger partial charge is 0.309 e. The van der Waals surface area contributed by atoms with E-state index in [4.69, 9.17) is 0 Å². The zero-order chi connectivity index (χ0) is 33.9. The molecule has 0 aliphatic carbocycles. The highest BCUT2D eigenvalue weighted by molar-refractivity contribution is 7.26. The van der Waals surface area contributed by atoms with E-state index in [-0.39, 0.29) is 0 Å². The summed E-state index contributed by atoms with van der Waals surface area (Å²) in [5.74, 6) is 0. The molecule has 0 N–H and O–H groups in total. The van der Waals surface area contributed by atoms with Crippen LogP contribution in [0.15, 0.2) is 176 Å². The minimum absolute atomic E-state index is 1.12. The van der Waals surface area contributed by atoms with Crippen LogP contribution in [-0.4, -0.2) is 8.97 Å². The number of benzene rings is 8. The van der Waals surface area contributed by atoms with Crippen LogP contribution >= 0.6 is 11.3 Å². The van der Waals surface area contributed by atoms with Gasteiger partial charge >= 0.3 is 0 Å². The predicted octanol–water partition coefficient (Wildman–Crippen LogP) is 13.8. The molecule has 242 valence electrons. The lowest BCUT2D eigenvalue weighted by atomic mass is 10.0. The van der Waals surface area contributed by atoms with Crippen molar-refractivity contribution in [1.29, 1.82) is 0 Å². The van der Waals surface area contributed by atoms with Crippen molar-refractivity contribution in [2.24, 2.45) is 0 Å². The van der Waals surface area contributed by atoms with Gasteiger partial charge in [-0.05, 0) is 78.2 Å². The number of nitrogens with zero attached hydrogens (tertiary/aromatic N) is 3. The zero-order valence-electron chi connectivity index (χ0n) is 28.0. The SMILES string of the molecule is c1ccc(N(c2ccc(-n3c4ccccc4c4ccccc43)cc2)c2ccc3c4c2sc2cccc(c5cccc6c7ccccc7n3c56)c24)cc1. The molecule has 12 aromatic rings. The predicted molar refractivity (Wildman–Crippen MR) is 223 cm³/mol. The molecular weight excluding hydrogens is 651 g/mol. The first-order valence-electron chi connectivity index (χ1n) is 17.8. The summed E-state index contributed by atoms with van der Waals surface area (Å²) in [4.78, 5) is 2.44. The molecule has 0 spiro atoms. The van der Waals surface area contributed by atoms with Crippen molar-refractivity contribution in [2.75, 3.05) is 4.90 Å². The lowest BCUT2D eigenvalue weighted by molar-refractivity contribution is 1.17. The van der Waals surface area contributed by atoms with E-state index in [1.165, 1.54) is 85.8 Å². The van der Waals surface area contributed by atoms with Gasteiger partial charge in [-0.2, -0.15) is 0 Å². The highest BCUT2D eigenvalue weighted by atomic mass is 32.1. The molecule has 0 saturated heterocycles. The highest BCUT2D eigenvalue weighted by Gasteiger charge is 2.24. The maximum absolute atomic E-state index is 2.52. The van der Waals surface area contributed by atoms with Gasteiger partial charge in [0.15, 0.2) is 0 Å². The number of thiophene rings is 1. The van der Waals surface area contributed by atoms with Gasteiger partial charge in [0.05, 0.1) is 38.0 Å². The fourth-order valence-corrected chi connectivity index (χ4v) is 10.2. The van der Waals surface area contributed by atoms with Crippen LogP contribution < -0.4 is 4.90 Å². The van der Waals surface area contributed by atoms with Crippen LogP contribution in [-0.2, 0) is 0 Å². The van der Waals surface area contributed by atoms with E-state index in [0.29, 0.717) is 0 Å². The van der Waals surface area contributed by atoms with Crippen LogP contribution in [0.25, 0.3) is 85.8 Å². The minimum atomic E-state index is 1.12. The summed E-state index contributed by atoms with van der Waals surface area (Å²) >= 11 is 1.90. The van der Waals surface area contributed by atoms with Gasteiger partial charge in [0.25, 0.3) is 0 Å². The molecular formula is C48H29N3S. The number of para-hydroxylation sites is 5. The van der Waals surface area contributed by atoms with Crippen LogP contribution in [0.5, 0.6) is 0 Å². The van der Waals surface area contributed by atoms with Crippen molar-refractivity contribution < 1.29 is 0 Å². The standard InChI is InChI=1S/C48H29N3S/c1-2-12-30(13-3-1)49(31-24-26-32(27-25-31)50-39-20-7-4-14-33(39)34-15-5-8-21-40(34)50)43-29-28-42-46-45-36(17-11-23-44(45)52-48(43)46)38-19-10-18-37-35-16-6-9-22-41(35)51(42)47(37)38/h1-29H. The first-order chi connectivity index (χ1) is 25.8. The summed E-state index contributed by atoms with van der Waals surface area (Å²) in [6, 6.07) is 64.5. The molecule has 0 bridgehead atoms. The van der Waals surface area contributed by atoms with E-state index in [9.17, 15) is 0 Å². The Labute approximate surface area is 302 Å². The minimum Gasteiger partial charge on any atom is -0.309 e. The van der Waals surface area contributed by atoms with Crippen molar-refractivity contribution in [3.63, 3.8) is 0 Å². The van der Waals surface area contributed by atoms with E-state index < -0.39 is 0 Å². The maximum atomic E-state index is 2.52. The van der Waals surface area contributed by atoms with Gasteiger partial charge < -0.3 is 13.9 Å². The Balaban J connectivity index is 1.14. The van der Waals surface area contributed by atoms with E-state index in [1.54, 1.807) is 0 Å². The number of hydrogen-bond donors (Lipinski definition) is 0. The lowest BCUT2D eigenvalue weighted by Gasteiger charge is -2.26. The van der Waals surface area contributed by atoms with Gasteiger partial charge in [0, 0.05) is 59.5 Å². The summed E-state index contributed by atoms with van der Waals surface area (Å²) in [5, 5.41) is 10.4. The molecule has 0 unspecified atom stereocenters. The molecule has 0 amide bonds. The van der Waals surface area contributed by atoms with Gasteiger partial charge in [0.2, 0.25) is 0 Å². The Morgan fingerprint density at radius 2 is 0.942 bits per heavy atom. The van der Waals surface area contributed by atoms with E-state index in [0.717, 1.165) is 17.1 Å². The van der Waals surface area contributed by atoms with Gasteiger partial charge in [0.1, 0.15) is 0 Å². The third-order valence-electron chi connectivity index (χ3n) is 11.0. The van der Waals surface area contributed by atoms with Crippen LogP contribution in [0.3, 0.4) is 0 Å². The van der Waals surface area contributed by atoms with E-state index in [1.807, 2.05) is 11.3 Å². The zero-order valence-corrected chi connectivity index (χ0v) is 28.8. The number of aromatic nitrogens is 2. The number of fused-ring (bicyclic) bond motifs is 8. The summed E-state index contributed by atoms with van der Waals surface area (Å²) in [7, 11) is 0. The topological polar surface area (TPSA) is 12.6 Å². The Bertz CT molecular complexity index is 3290. The van der Waals surface area contributed by atoms with Crippen molar-refractivity contribution in [3.05, 3.63) is 176 Å². The van der Waals surface area contributed by atoms with Crippen molar-refractivity contribution in [3.8, 4) is 5.69 Å². The first kappa shape index (κ1) is 28.1. The lowest BCUT2D eigenvalue weighted by Crippen LogP contribution is -2.10. The van der Waals surface area contributed by atoms with Gasteiger partial charge in [-0.1, -0.05) is 103 Å². The summed E-state index contributed by atoms with van der Waals surface area (Å²) in [6.45, 7) is 0. The molecule has 3 nitrogen and oxygen atoms in total. The molecule has 4 heterocycles. The molecule has 0 radical (unpaired) electrons. The smallest absolute Gasteiger partial charge is 0.0641 e. The highest BCUT2D eigenvalue weighted by Crippen LogP contribution is 2.50. The third kappa shape index (κ3) is 3.69. The summed E-state index contributed by atoms with van der Waals surface area (Å²) in [6.07, 6.45) is 0. The van der Waals surface area contributed by atoms with Crippen LogP contribution in [0, 0.1) is 0 Å². The Hall–Kier alpha value is -6.62. The number of hydrogen-bond acceptors (Lipinski definition) is 2. The van der Waals surface area contributed by atoms with E-state index in [2.05, 4.69) is 190 Å². The molecule has 4 aromatic heterocycles. The summed E-state index contributed by atoms with van der Waals surface area (Å²) < 4.78 is 7.50. The fraction of sp³-hybridized carbons (Fsp3) is 0. The summed E-state index contributed by atoms with van der Waals surface area (Å²) in [5.41, 5.74) is 10.8. The second-order valence-electron chi connectivity index (χ2n) is 13.7. The second-order valence-corrected chi connectivity index (χ2v) is 14.8. The van der Waals surface area contributed by atoms with Crippen molar-refractivity contribution >= 4 is 108 Å². The van der Waals surface area contributed by atoms with Crippen LogP contribution in [0.1, 0.15) is 0 Å². The molecule has 0 fully saturated rings. The molecule has 12 rings (SSSR count). The monoisotopic (exact) mass is 679 g/mol. The van der Waals surface area contributed by atoms with E-state index >= 15 is 0 Å². The average molecular weight is 680 g/mol. The maximum Gasteiger partial charge on any atom is 0.0641 e. The van der Waals surface area contributed by atoms with Gasteiger partial charge in [-0.15, -0.1) is 11.3 Å². The molecule has 8 aromatic carbocycles. The quantitative estimate of drug-likeness (QED) is 0.180. The number of anilines is 3. The molecule has 0 aliphatic rings. The van der Waals surface area contributed by atoms with Gasteiger partial charge in [-0.3, -0.25) is 0 Å².